The van der Waals surface area contributed by atoms with E-state index < -0.39 is 0 Å². The zero-order valence-electron chi connectivity index (χ0n) is 13.8. The Morgan fingerprint density at radius 3 is 2.85 bits per heavy atom. The standard InChI is InChI=1S/C17H13BrN6O3/c18-10-6-14-13(26-8-27-14)5-9(10)7-21-23-16(19)15-17(20)24(25)12-4-2-1-3-11(12)22-15/h1-7,20,25H,8H2,(H2,19,23). The van der Waals surface area contributed by atoms with Crippen LogP contribution in [0.3, 0.4) is 0 Å². The van der Waals surface area contributed by atoms with E-state index in [0.717, 1.165) is 4.47 Å². The lowest BCUT2D eigenvalue weighted by Crippen LogP contribution is -2.31. The average molecular weight is 429 g/mol. The SMILES string of the molecule is N=c1c(C(N)=NN=Cc2cc3c(cc2Br)OCO3)nc2ccccc2n1O. The van der Waals surface area contributed by atoms with Crippen LogP contribution in [-0.2, 0) is 0 Å². The van der Waals surface area contributed by atoms with Crippen LogP contribution < -0.4 is 20.7 Å². The molecular formula is C17H13BrN6O3. The maximum absolute atomic E-state index is 10.1. The van der Waals surface area contributed by atoms with Gasteiger partial charge in [0.05, 0.1) is 11.7 Å². The third-order valence-electron chi connectivity index (χ3n) is 3.88. The van der Waals surface area contributed by atoms with Gasteiger partial charge in [0.2, 0.25) is 6.79 Å². The van der Waals surface area contributed by atoms with Crippen LogP contribution in [0.5, 0.6) is 11.5 Å². The molecule has 0 radical (unpaired) electrons. The first-order chi connectivity index (χ1) is 13.0. The predicted molar refractivity (Wildman–Crippen MR) is 101 cm³/mol. The van der Waals surface area contributed by atoms with Gasteiger partial charge in [0.1, 0.15) is 5.52 Å². The van der Waals surface area contributed by atoms with Crippen molar-refractivity contribution in [2.75, 3.05) is 6.79 Å². The maximum Gasteiger partial charge on any atom is 0.231 e. The highest BCUT2D eigenvalue weighted by Crippen LogP contribution is 2.36. The molecule has 0 atom stereocenters. The molecule has 3 aromatic rings. The van der Waals surface area contributed by atoms with Gasteiger partial charge in [-0.1, -0.05) is 12.1 Å². The van der Waals surface area contributed by atoms with E-state index in [1.54, 1.807) is 36.4 Å². The van der Waals surface area contributed by atoms with Crippen LogP contribution >= 0.6 is 15.9 Å². The monoisotopic (exact) mass is 428 g/mol. The van der Waals surface area contributed by atoms with E-state index in [1.165, 1.54) is 6.21 Å². The number of fused-ring (bicyclic) bond motifs is 2. The molecule has 4 N–H and O–H groups in total. The molecule has 0 saturated heterocycles. The molecule has 136 valence electrons. The molecule has 0 spiro atoms. The Hall–Kier alpha value is -3.40. The van der Waals surface area contributed by atoms with E-state index in [4.69, 9.17) is 20.6 Å². The third-order valence-corrected chi connectivity index (χ3v) is 4.56. The van der Waals surface area contributed by atoms with E-state index >= 15 is 0 Å². The van der Waals surface area contributed by atoms with Gasteiger partial charge in [-0.15, -0.1) is 5.10 Å². The number of hydrogen-bond acceptors (Lipinski definition) is 7. The van der Waals surface area contributed by atoms with Crippen molar-refractivity contribution in [1.82, 2.24) is 9.71 Å². The molecule has 0 amide bonds. The number of hydrogen-bond donors (Lipinski definition) is 3. The van der Waals surface area contributed by atoms with E-state index in [9.17, 15) is 5.21 Å². The van der Waals surface area contributed by atoms with Crippen LogP contribution in [0.2, 0.25) is 0 Å². The van der Waals surface area contributed by atoms with Crippen molar-refractivity contribution in [3.63, 3.8) is 0 Å². The van der Waals surface area contributed by atoms with Gasteiger partial charge in [0.25, 0.3) is 0 Å². The van der Waals surface area contributed by atoms with Gasteiger partial charge in [0, 0.05) is 10.0 Å². The Morgan fingerprint density at radius 2 is 2.04 bits per heavy atom. The number of halogens is 1. The molecule has 4 rings (SSSR count). The van der Waals surface area contributed by atoms with Crippen molar-refractivity contribution in [1.29, 1.82) is 5.41 Å². The first-order valence-corrected chi connectivity index (χ1v) is 8.55. The van der Waals surface area contributed by atoms with Crippen molar-refractivity contribution in [3.8, 4) is 11.5 Å². The van der Waals surface area contributed by atoms with E-state index in [2.05, 4.69) is 31.1 Å². The summed E-state index contributed by atoms with van der Waals surface area (Å²) in [7, 11) is 0. The van der Waals surface area contributed by atoms with E-state index in [1.807, 2.05) is 0 Å². The topological polar surface area (TPSA) is 131 Å². The Kier molecular flexibility index (Phi) is 4.24. The Morgan fingerprint density at radius 1 is 1.30 bits per heavy atom. The average Bonchev–Trinajstić information content (AvgIpc) is 3.11. The molecule has 1 aromatic heterocycles. The van der Waals surface area contributed by atoms with Gasteiger partial charge < -0.3 is 20.4 Å². The highest BCUT2D eigenvalue weighted by molar-refractivity contribution is 9.10. The van der Waals surface area contributed by atoms with Crippen LogP contribution in [0, 0.1) is 5.41 Å². The number of ether oxygens (including phenoxy) is 2. The number of amidine groups is 1. The molecule has 10 heteroatoms. The fourth-order valence-corrected chi connectivity index (χ4v) is 2.97. The van der Waals surface area contributed by atoms with Gasteiger partial charge in [0.15, 0.2) is 28.5 Å². The third kappa shape index (κ3) is 3.10. The van der Waals surface area contributed by atoms with Crippen LogP contribution in [-0.4, -0.2) is 33.8 Å². The molecule has 0 fully saturated rings. The lowest BCUT2D eigenvalue weighted by atomic mass is 10.2. The van der Waals surface area contributed by atoms with Crippen molar-refractivity contribution in [3.05, 3.63) is 57.6 Å². The zero-order chi connectivity index (χ0) is 19.0. The summed E-state index contributed by atoms with van der Waals surface area (Å²) >= 11 is 3.43. The Labute approximate surface area is 161 Å². The Balaban J connectivity index is 1.67. The second kappa shape index (κ2) is 6.72. The fraction of sp³-hybridized carbons (Fsp3) is 0.0588. The summed E-state index contributed by atoms with van der Waals surface area (Å²) in [5, 5.41) is 26.0. The van der Waals surface area contributed by atoms with Crippen molar-refractivity contribution in [2.45, 2.75) is 0 Å². The quantitative estimate of drug-likeness (QED) is 0.254. The van der Waals surface area contributed by atoms with Crippen LogP contribution in [0.1, 0.15) is 11.3 Å². The number of rotatable bonds is 3. The number of nitrogens with zero attached hydrogens (tertiary/aromatic N) is 4. The van der Waals surface area contributed by atoms with E-state index in [0.29, 0.717) is 32.8 Å². The minimum absolute atomic E-state index is 0.0260. The minimum Gasteiger partial charge on any atom is -0.454 e. The molecule has 9 nitrogen and oxygen atoms in total. The minimum atomic E-state index is -0.283. The van der Waals surface area contributed by atoms with Crippen molar-refractivity contribution < 1.29 is 14.7 Å². The van der Waals surface area contributed by atoms with Crippen LogP contribution in [0.4, 0.5) is 0 Å². The number of benzene rings is 2. The largest absolute Gasteiger partial charge is 0.454 e. The predicted octanol–water partition coefficient (Wildman–Crippen LogP) is 1.98. The summed E-state index contributed by atoms with van der Waals surface area (Å²) < 4.78 is 12.1. The van der Waals surface area contributed by atoms with Gasteiger partial charge in [-0.05, 0) is 40.2 Å². The highest BCUT2D eigenvalue weighted by Gasteiger charge is 2.15. The number of nitrogens with one attached hydrogen (secondary N) is 1. The molecule has 0 bridgehead atoms. The number of nitrogens with two attached hydrogens (primary N) is 1. The lowest BCUT2D eigenvalue weighted by Gasteiger charge is -2.07. The molecule has 0 saturated carbocycles. The zero-order valence-corrected chi connectivity index (χ0v) is 15.3. The fourth-order valence-electron chi connectivity index (χ4n) is 2.54. The molecule has 27 heavy (non-hydrogen) atoms. The normalized spacial score (nSPS) is 13.6. The smallest absolute Gasteiger partial charge is 0.231 e. The molecule has 2 heterocycles. The molecule has 2 aromatic carbocycles. The second-order valence-corrected chi connectivity index (χ2v) is 6.42. The number of aromatic nitrogens is 2. The summed E-state index contributed by atoms with van der Waals surface area (Å²) in [4.78, 5) is 4.28. The van der Waals surface area contributed by atoms with Crippen molar-refractivity contribution >= 4 is 39.0 Å². The summed E-state index contributed by atoms with van der Waals surface area (Å²) in [5.41, 5.74) is 7.25. The summed E-state index contributed by atoms with van der Waals surface area (Å²) in [6.45, 7) is 0.175. The summed E-state index contributed by atoms with van der Waals surface area (Å²) in [5.74, 6) is 1.16. The van der Waals surface area contributed by atoms with Gasteiger partial charge >= 0.3 is 0 Å². The summed E-state index contributed by atoms with van der Waals surface area (Å²) in [6.07, 6.45) is 1.48. The van der Waals surface area contributed by atoms with Gasteiger partial charge in [-0.2, -0.15) is 9.83 Å². The van der Waals surface area contributed by atoms with Crippen LogP contribution in [0.25, 0.3) is 11.0 Å². The number of para-hydroxylation sites is 2. The molecule has 1 aliphatic heterocycles. The molecule has 0 aliphatic carbocycles. The van der Waals surface area contributed by atoms with Crippen molar-refractivity contribution in [2.24, 2.45) is 15.9 Å². The lowest BCUT2D eigenvalue weighted by molar-refractivity contribution is 0.174. The first kappa shape index (κ1) is 17.0. The van der Waals surface area contributed by atoms with Gasteiger partial charge in [-0.25, -0.2) is 4.98 Å². The van der Waals surface area contributed by atoms with Gasteiger partial charge in [-0.3, -0.25) is 5.41 Å². The van der Waals surface area contributed by atoms with Crippen LogP contribution in [0.15, 0.2) is 51.1 Å². The molecule has 1 aliphatic rings. The summed E-state index contributed by atoms with van der Waals surface area (Å²) in [6, 6.07) is 10.4. The highest BCUT2D eigenvalue weighted by atomic mass is 79.9. The van der Waals surface area contributed by atoms with E-state index in [-0.39, 0.29) is 23.8 Å². The maximum atomic E-state index is 10.1. The molecule has 0 unspecified atom stereocenters. The molecular weight excluding hydrogens is 416 g/mol. The second-order valence-electron chi connectivity index (χ2n) is 5.57. The first-order valence-electron chi connectivity index (χ1n) is 7.76. The Bertz CT molecular complexity index is 1170.